The fraction of sp³-hybridized carbons (Fsp3) is 0.600. The average Bonchev–Trinajstić information content (AvgIpc) is 2.61. The molecule has 1 heterocycles. The van der Waals surface area contributed by atoms with E-state index in [1.54, 1.807) is 13.1 Å². The molecule has 21 heavy (non-hydrogen) atoms. The monoisotopic (exact) mass is 297 g/mol. The third kappa shape index (κ3) is 3.39. The molecule has 1 aromatic carbocycles. The van der Waals surface area contributed by atoms with E-state index < -0.39 is 18.3 Å². The predicted octanol–water partition coefficient (Wildman–Crippen LogP) is 2.08. The fourth-order valence-electron chi connectivity index (χ4n) is 2.10. The zero-order chi connectivity index (χ0) is 16.4. The number of anilines is 1. The molecule has 0 bridgehead atoms. The summed E-state index contributed by atoms with van der Waals surface area (Å²) in [6.45, 7) is 9.88. The van der Waals surface area contributed by atoms with Crippen molar-refractivity contribution in [3.05, 3.63) is 23.5 Å². The average molecular weight is 297 g/mol. The summed E-state index contributed by atoms with van der Waals surface area (Å²) in [6.07, 6.45) is 0. The second kappa shape index (κ2) is 6.34. The van der Waals surface area contributed by atoms with E-state index in [0.29, 0.717) is 5.69 Å². The number of rotatable bonds is 2. The Bertz CT molecular complexity index is 490. The number of aryl methyl sites for hydroxylation is 1. The van der Waals surface area contributed by atoms with Gasteiger partial charge in [0.25, 0.3) is 0 Å². The normalized spacial score (nSPS) is 19.0. The van der Waals surface area contributed by atoms with Gasteiger partial charge in [0.15, 0.2) is 0 Å². The first-order valence-electron chi connectivity index (χ1n) is 6.96. The number of hydrogen-bond donors (Lipinski definition) is 2. The molecule has 118 valence electrons. The molecule has 2 N–H and O–H groups in total. The summed E-state index contributed by atoms with van der Waals surface area (Å²) in [5.41, 5.74) is 1.37. The highest BCUT2D eigenvalue weighted by Crippen LogP contribution is 2.36. The van der Waals surface area contributed by atoms with Crippen LogP contribution in [0.25, 0.3) is 0 Å². The number of aliphatic hydroxyl groups excluding tert-OH is 1. The Balaban J connectivity index is 0.00000106. The van der Waals surface area contributed by atoms with Gasteiger partial charge in [-0.15, -0.1) is 0 Å². The van der Waals surface area contributed by atoms with E-state index in [1.807, 2.05) is 34.6 Å². The standard InChI is InChI=1S/C14H21BFNO2.CH4O/c1-9-7-11(16)12(17-6)8-10(9)15-18-13(2,3)14(4,5)19-15;1-2/h7-8,17H,1-6H3;2H,1H3. The molecule has 0 saturated carbocycles. The molecule has 1 saturated heterocycles. The minimum atomic E-state index is -0.460. The predicted molar refractivity (Wildman–Crippen MR) is 84.5 cm³/mol. The Kier molecular flexibility index (Phi) is 5.42. The molecule has 1 aliphatic rings. The van der Waals surface area contributed by atoms with Gasteiger partial charge in [0.05, 0.1) is 16.9 Å². The van der Waals surface area contributed by atoms with Crippen LogP contribution in [0.3, 0.4) is 0 Å². The maximum Gasteiger partial charge on any atom is 0.495 e. The van der Waals surface area contributed by atoms with Crippen molar-refractivity contribution in [1.29, 1.82) is 0 Å². The minimum Gasteiger partial charge on any atom is -0.400 e. The van der Waals surface area contributed by atoms with E-state index in [4.69, 9.17) is 14.4 Å². The lowest BCUT2D eigenvalue weighted by atomic mass is 9.76. The van der Waals surface area contributed by atoms with E-state index in [2.05, 4.69) is 5.32 Å². The van der Waals surface area contributed by atoms with Gasteiger partial charge in [0.2, 0.25) is 0 Å². The van der Waals surface area contributed by atoms with Gasteiger partial charge in [-0.2, -0.15) is 0 Å². The van der Waals surface area contributed by atoms with Crippen molar-refractivity contribution in [2.75, 3.05) is 19.5 Å². The van der Waals surface area contributed by atoms with Gasteiger partial charge in [-0.3, -0.25) is 0 Å². The molecule has 0 atom stereocenters. The quantitative estimate of drug-likeness (QED) is 0.821. The zero-order valence-electron chi connectivity index (χ0n) is 13.9. The highest BCUT2D eigenvalue weighted by Gasteiger charge is 2.52. The van der Waals surface area contributed by atoms with Crippen LogP contribution in [0, 0.1) is 12.7 Å². The molecule has 0 radical (unpaired) electrons. The first-order valence-corrected chi connectivity index (χ1v) is 6.96. The van der Waals surface area contributed by atoms with Crippen LogP contribution in [0.5, 0.6) is 0 Å². The number of aliphatic hydroxyl groups is 1. The highest BCUT2D eigenvalue weighted by atomic mass is 19.1. The summed E-state index contributed by atoms with van der Waals surface area (Å²) in [4.78, 5) is 0. The van der Waals surface area contributed by atoms with E-state index in [-0.39, 0.29) is 5.82 Å². The molecule has 0 aromatic heterocycles. The lowest BCUT2D eigenvalue weighted by molar-refractivity contribution is 0.00578. The molecule has 0 unspecified atom stereocenters. The molecule has 0 aliphatic carbocycles. The number of halogens is 1. The molecule has 0 amide bonds. The van der Waals surface area contributed by atoms with Crippen LogP contribution in [0.2, 0.25) is 0 Å². The second-order valence-electron chi connectivity index (χ2n) is 6.03. The number of benzene rings is 1. The van der Waals surface area contributed by atoms with Crippen LogP contribution in [0.1, 0.15) is 33.3 Å². The lowest BCUT2D eigenvalue weighted by Gasteiger charge is -2.32. The maximum atomic E-state index is 13.7. The Morgan fingerprint density at radius 3 is 2.00 bits per heavy atom. The van der Waals surface area contributed by atoms with Crippen molar-refractivity contribution in [2.24, 2.45) is 0 Å². The van der Waals surface area contributed by atoms with Crippen molar-refractivity contribution < 1.29 is 18.8 Å². The van der Waals surface area contributed by atoms with Gasteiger partial charge >= 0.3 is 7.12 Å². The summed E-state index contributed by atoms with van der Waals surface area (Å²) < 4.78 is 25.7. The van der Waals surface area contributed by atoms with Crippen molar-refractivity contribution in [3.8, 4) is 0 Å². The van der Waals surface area contributed by atoms with Crippen molar-refractivity contribution in [1.82, 2.24) is 0 Å². The number of nitrogens with one attached hydrogen (secondary N) is 1. The van der Waals surface area contributed by atoms with Gasteiger partial charge in [0.1, 0.15) is 5.82 Å². The summed E-state index contributed by atoms with van der Waals surface area (Å²) in [7, 11) is 2.24. The van der Waals surface area contributed by atoms with Crippen LogP contribution in [-0.4, -0.2) is 37.6 Å². The molecule has 1 fully saturated rings. The summed E-state index contributed by atoms with van der Waals surface area (Å²) in [5, 5.41) is 9.84. The van der Waals surface area contributed by atoms with Crippen molar-refractivity contribution in [2.45, 2.75) is 45.8 Å². The van der Waals surface area contributed by atoms with Crippen molar-refractivity contribution >= 4 is 18.3 Å². The van der Waals surface area contributed by atoms with E-state index >= 15 is 0 Å². The van der Waals surface area contributed by atoms with E-state index in [0.717, 1.165) is 18.1 Å². The van der Waals surface area contributed by atoms with Crippen LogP contribution < -0.4 is 10.8 Å². The minimum absolute atomic E-state index is 0.264. The van der Waals surface area contributed by atoms with Crippen LogP contribution in [0.15, 0.2) is 12.1 Å². The second-order valence-corrected chi connectivity index (χ2v) is 6.03. The van der Waals surface area contributed by atoms with Crippen molar-refractivity contribution in [3.63, 3.8) is 0 Å². The third-order valence-corrected chi connectivity index (χ3v) is 4.13. The van der Waals surface area contributed by atoms with Gasteiger partial charge in [-0.25, -0.2) is 4.39 Å². The largest absolute Gasteiger partial charge is 0.495 e. The lowest BCUT2D eigenvalue weighted by Crippen LogP contribution is -2.41. The molecule has 1 aromatic rings. The fourth-order valence-corrected chi connectivity index (χ4v) is 2.10. The van der Waals surface area contributed by atoms with E-state index in [1.165, 1.54) is 6.07 Å². The first kappa shape index (κ1) is 17.9. The van der Waals surface area contributed by atoms with Gasteiger partial charge in [0, 0.05) is 14.2 Å². The van der Waals surface area contributed by atoms with Gasteiger partial charge in [-0.05, 0) is 57.8 Å². The third-order valence-electron chi connectivity index (χ3n) is 4.13. The van der Waals surface area contributed by atoms with Gasteiger partial charge in [-0.1, -0.05) is 0 Å². The smallest absolute Gasteiger partial charge is 0.400 e. The molecular formula is C15H25BFNO3. The SMILES string of the molecule is CNc1cc(B2OC(C)(C)C(C)(C)O2)c(C)cc1F.CO. The van der Waals surface area contributed by atoms with E-state index in [9.17, 15) is 4.39 Å². The maximum absolute atomic E-state index is 13.7. The topological polar surface area (TPSA) is 50.7 Å². The number of hydrogen-bond acceptors (Lipinski definition) is 4. The summed E-state index contributed by atoms with van der Waals surface area (Å²) in [6, 6.07) is 3.26. The van der Waals surface area contributed by atoms with Crippen LogP contribution >= 0.6 is 0 Å². The Morgan fingerprint density at radius 2 is 1.57 bits per heavy atom. The Labute approximate surface area is 126 Å². The molecular weight excluding hydrogens is 272 g/mol. The first-order chi connectivity index (χ1) is 9.68. The Morgan fingerprint density at radius 1 is 1.10 bits per heavy atom. The summed E-state index contributed by atoms with van der Waals surface area (Å²) in [5.74, 6) is -0.264. The van der Waals surface area contributed by atoms with Crippen LogP contribution in [0.4, 0.5) is 10.1 Å². The molecule has 0 spiro atoms. The molecule has 4 nitrogen and oxygen atoms in total. The molecule has 2 rings (SSSR count). The zero-order valence-corrected chi connectivity index (χ0v) is 13.9. The van der Waals surface area contributed by atoms with Gasteiger partial charge < -0.3 is 19.7 Å². The molecule has 6 heteroatoms. The van der Waals surface area contributed by atoms with Crippen LogP contribution in [-0.2, 0) is 9.31 Å². The summed E-state index contributed by atoms with van der Waals surface area (Å²) >= 11 is 0. The molecule has 1 aliphatic heterocycles. The Hall–Kier alpha value is -1.11. The highest BCUT2D eigenvalue weighted by molar-refractivity contribution is 6.62.